The van der Waals surface area contributed by atoms with Crippen molar-refractivity contribution < 1.29 is 18.9 Å². The minimum atomic E-state index is -0.717. The molecule has 0 fully saturated rings. The molecule has 0 spiro atoms. The van der Waals surface area contributed by atoms with Gasteiger partial charge >= 0.3 is 0 Å². The third kappa shape index (κ3) is 2.10. The number of benzene rings is 2. The molecular formula is C17H12N2O5. The number of amides is 1. The molecule has 24 heavy (non-hydrogen) atoms. The molecule has 1 aromatic heterocycles. The van der Waals surface area contributed by atoms with Crippen molar-refractivity contribution in [1.29, 1.82) is 0 Å². The summed E-state index contributed by atoms with van der Waals surface area (Å²) >= 11 is 0. The standard InChI is InChI=1S/C17H12N2O5/c1-9-8-23-13-7-6-12-15(14(9)13)24-17(18-16(12)20)10-2-4-11(5-3-10)19(21)22/h2-8,17H,1H3,(H,18,20). The van der Waals surface area contributed by atoms with Gasteiger partial charge in [0, 0.05) is 17.7 Å². The second kappa shape index (κ2) is 5.09. The quantitative estimate of drug-likeness (QED) is 0.575. The maximum Gasteiger partial charge on any atom is 0.269 e. The summed E-state index contributed by atoms with van der Waals surface area (Å²) in [4.78, 5) is 22.7. The molecule has 120 valence electrons. The van der Waals surface area contributed by atoms with Crippen molar-refractivity contribution in [2.24, 2.45) is 0 Å². The predicted molar refractivity (Wildman–Crippen MR) is 84.9 cm³/mol. The first kappa shape index (κ1) is 14.3. The monoisotopic (exact) mass is 324 g/mol. The van der Waals surface area contributed by atoms with Crippen LogP contribution in [0.4, 0.5) is 5.69 Å². The zero-order valence-electron chi connectivity index (χ0n) is 12.6. The Hall–Kier alpha value is -3.35. The topological polar surface area (TPSA) is 94.6 Å². The number of nitro groups is 1. The number of nitrogens with zero attached hydrogens (tertiary/aromatic N) is 1. The Morgan fingerprint density at radius 3 is 2.62 bits per heavy atom. The molecule has 3 aromatic rings. The van der Waals surface area contributed by atoms with E-state index in [9.17, 15) is 14.9 Å². The van der Waals surface area contributed by atoms with Gasteiger partial charge in [0.15, 0.2) is 6.23 Å². The SMILES string of the molecule is Cc1coc2ccc3c(c12)OC(c1ccc([N+](=O)[O-])cc1)NC3=O. The molecule has 7 heteroatoms. The van der Waals surface area contributed by atoms with E-state index >= 15 is 0 Å². The summed E-state index contributed by atoms with van der Waals surface area (Å²) in [5, 5.41) is 14.3. The maximum atomic E-state index is 12.4. The van der Waals surface area contributed by atoms with E-state index in [0.717, 1.165) is 10.9 Å². The van der Waals surface area contributed by atoms with E-state index in [2.05, 4.69) is 5.32 Å². The van der Waals surface area contributed by atoms with Crippen LogP contribution in [0.3, 0.4) is 0 Å². The highest BCUT2D eigenvalue weighted by Crippen LogP contribution is 2.38. The Morgan fingerprint density at radius 2 is 1.92 bits per heavy atom. The van der Waals surface area contributed by atoms with Gasteiger partial charge in [-0.3, -0.25) is 14.9 Å². The van der Waals surface area contributed by atoms with Gasteiger partial charge in [-0.15, -0.1) is 0 Å². The zero-order valence-corrected chi connectivity index (χ0v) is 12.6. The van der Waals surface area contributed by atoms with Gasteiger partial charge < -0.3 is 14.5 Å². The van der Waals surface area contributed by atoms with Crippen molar-refractivity contribution in [3.63, 3.8) is 0 Å². The zero-order chi connectivity index (χ0) is 16.8. The Kier molecular flexibility index (Phi) is 3.02. The number of nitro benzene ring substituents is 1. The van der Waals surface area contributed by atoms with E-state index in [0.29, 0.717) is 22.5 Å². The molecule has 0 saturated heterocycles. The lowest BCUT2D eigenvalue weighted by Crippen LogP contribution is -2.36. The molecular weight excluding hydrogens is 312 g/mol. The Morgan fingerprint density at radius 1 is 1.17 bits per heavy atom. The highest BCUT2D eigenvalue weighted by atomic mass is 16.6. The second-order valence-corrected chi connectivity index (χ2v) is 5.55. The van der Waals surface area contributed by atoms with Crippen LogP contribution in [-0.4, -0.2) is 10.8 Å². The molecule has 0 saturated carbocycles. The smallest absolute Gasteiger partial charge is 0.269 e. The number of hydrogen-bond acceptors (Lipinski definition) is 5. The van der Waals surface area contributed by atoms with Gasteiger partial charge in [0.05, 0.1) is 22.1 Å². The third-order valence-corrected chi connectivity index (χ3v) is 4.03. The highest BCUT2D eigenvalue weighted by Gasteiger charge is 2.29. The van der Waals surface area contributed by atoms with E-state index in [1.54, 1.807) is 30.5 Å². The summed E-state index contributed by atoms with van der Waals surface area (Å²) in [6.07, 6.45) is 0.896. The van der Waals surface area contributed by atoms with Gasteiger partial charge in [-0.2, -0.15) is 0 Å². The lowest BCUT2D eigenvalue weighted by atomic mass is 10.0. The van der Waals surface area contributed by atoms with Gasteiger partial charge in [-0.05, 0) is 36.8 Å². The summed E-state index contributed by atoms with van der Waals surface area (Å²) in [6.45, 7) is 1.88. The third-order valence-electron chi connectivity index (χ3n) is 4.03. The van der Waals surface area contributed by atoms with Crippen LogP contribution < -0.4 is 10.1 Å². The summed E-state index contributed by atoms with van der Waals surface area (Å²) in [5.74, 6) is 0.202. The lowest BCUT2D eigenvalue weighted by molar-refractivity contribution is -0.384. The van der Waals surface area contributed by atoms with Crippen molar-refractivity contribution in [1.82, 2.24) is 5.32 Å². The normalized spacial score (nSPS) is 16.4. The van der Waals surface area contributed by atoms with Crippen molar-refractivity contribution in [3.8, 4) is 5.75 Å². The molecule has 1 aliphatic heterocycles. The summed E-state index contributed by atoms with van der Waals surface area (Å²) in [7, 11) is 0. The number of carbonyl (C=O) groups excluding carboxylic acids is 1. The average Bonchev–Trinajstić information content (AvgIpc) is 2.96. The Bertz CT molecular complexity index is 975. The molecule has 4 rings (SSSR count). The number of non-ortho nitro benzene ring substituents is 1. The van der Waals surface area contributed by atoms with Gasteiger partial charge in [-0.25, -0.2) is 0 Å². The number of carbonyl (C=O) groups is 1. The largest absolute Gasteiger partial charge is 0.465 e. The molecule has 2 aromatic carbocycles. The molecule has 0 radical (unpaired) electrons. The van der Waals surface area contributed by atoms with Gasteiger partial charge in [-0.1, -0.05) is 0 Å². The number of fused-ring (bicyclic) bond motifs is 3. The minimum absolute atomic E-state index is 0.0191. The first-order chi connectivity index (χ1) is 11.5. The van der Waals surface area contributed by atoms with Gasteiger partial charge in [0.2, 0.25) is 0 Å². The van der Waals surface area contributed by atoms with Crippen molar-refractivity contribution >= 4 is 22.6 Å². The van der Waals surface area contributed by atoms with Crippen molar-refractivity contribution in [3.05, 3.63) is 69.5 Å². The van der Waals surface area contributed by atoms with Gasteiger partial charge in [0.25, 0.3) is 11.6 Å². The Labute approximate surface area is 136 Å². The number of furan rings is 1. The predicted octanol–water partition coefficient (Wildman–Crippen LogP) is 3.47. The fraction of sp³-hybridized carbons (Fsp3) is 0.118. The molecule has 1 aliphatic rings. The number of rotatable bonds is 2. The van der Waals surface area contributed by atoms with Crippen molar-refractivity contribution in [2.45, 2.75) is 13.2 Å². The van der Waals surface area contributed by atoms with Gasteiger partial charge in [0.1, 0.15) is 11.3 Å². The van der Waals surface area contributed by atoms with Crippen LogP contribution in [0.2, 0.25) is 0 Å². The number of ether oxygens (including phenoxy) is 1. The van der Waals surface area contributed by atoms with Crippen LogP contribution in [0.15, 0.2) is 47.1 Å². The minimum Gasteiger partial charge on any atom is -0.465 e. The van der Waals surface area contributed by atoms with Crippen LogP contribution in [-0.2, 0) is 0 Å². The summed E-state index contributed by atoms with van der Waals surface area (Å²) < 4.78 is 11.4. The fourth-order valence-electron chi connectivity index (χ4n) is 2.81. The molecule has 1 N–H and O–H groups in total. The first-order valence-corrected chi connectivity index (χ1v) is 7.27. The van der Waals surface area contributed by atoms with E-state index in [1.807, 2.05) is 6.92 Å². The molecule has 0 bridgehead atoms. The van der Waals surface area contributed by atoms with Crippen molar-refractivity contribution in [2.75, 3.05) is 0 Å². The van der Waals surface area contributed by atoms with E-state index in [-0.39, 0.29) is 11.6 Å². The molecule has 1 unspecified atom stereocenters. The number of nitrogens with one attached hydrogen (secondary N) is 1. The summed E-state index contributed by atoms with van der Waals surface area (Å²) in [6, 6.07) is 9.28. The average molecular weight is 324 g/mol. The number of hydrogen-bond donors (Lipinski definition) is 1. The van der Waals surface area contributed by atoms with Crippen LogP contribution in [0, 0.1) is 17.0 Å². The fourth-order valence-corrected chi connectivity index (χ4v) is 2.81. The van der Waals surface area contributed by atoms with E-state index in [4.69, 9.17) is 9.15 Å². The highest BCUT2D eigenvalue weighted by molar-refractivity contribution is 6.04. The number of aryl methyl sites for hydroxylation is 1. The molecule has 1 atom stereocenters. The maximum absolute atomic E-state index is 12.4. The lowest BCUT2D eigenvalue weighted by Gasteiger charge is -2.27. The van der Waals surface area contributed by atoms with E-state index in [1.165, 1.54) is 12.1 Å². The van der Waals surface area contributed by atoms with Crippen LogP contribution in [0.1, 0.15) is 27.7 Å². The van der Waals surface area contributed by atoms with E-state index < -0.39 is 11.2 Å². The van der Waals surface area contributed by atoms with Crippen LogP contribution >= 0.6 is 0 Å². The van der Waals surface area contributed by atoms with Crippen LogP contribution in [0.25, 0.3) is 11.0 Å². The molecule has 2 heterocycles. The molecule has 1 amide bonds. The molecule has 0 aliphatic carbocycles. The second-order valence-electron chi connectivity index (χ2n) is 5.55. The first-order valence-electron chi connectivity index (χ1n) is 7.27. The molecule has 7 nitrogen and oxygen atoms in total. The Balaban J connectivity index is 1.77. The van der Waals surface area contributed by atoms with Crippen LogP contribution in [0.5, 0.6) is 5.75 Å². The summed E-state index contributed by atoms with van der Waals surface area (Å²) in [5.41, 5.74) is 2.56.